The second-order valence-electron chi connectivity index (χ2n) is 3.99. The van der Waals surface area contributed by atoms with Crippen LogP contribution in [-0.2, 0) is 22.7 Å². The first kappa shape index (κ1) is 10.4. The van der Waals surface area contributed by atoms with Gasteiger partial charge in [-0.05, 0) is 11.6 Å². The third-order valence-corrected chi connectivity index (χ3v) is 2.78. The molecule has 1 aromatic heterocycles. The van der Waals surface area contributed by atoms with E-state index in [1.807, 2.05) is 42.5 Å². The van der Waals surface area contributed by atoms with Crippen molar-refractivity contribution >= 4 is 0 Å². The van der Waals surface area contributed by atoms with Crippen LogP contribution in [0.15, 0.2) is 48.7 Å². The smallest absolute Gasteiger partial charge is 0.202 e. The van der Waals surface area contributed by atoms with Gasteiger partial charge in [0.25, 0.3) is 0 Å². The Morgan fingerprint density at radius 3 is 2.94 bits per heavy atom. The maximum Gasteiger partial charge on any atom is 0.202 e. The zero-order chi connectivity index (χ0) is 11.5. The Labute approximate surface area is 100 Å². The Morgan fingerprint density at radius 2 is 2.06 bits per heavy atom. The van der Waals surface area contributed by atoms with Crippen molar-refractivity contribution < 1.29 is 9.47 Å². The minimum Gasteiger partial charge on any atom is -0.342 e. The highest BCUT2D eigenvalue weighted by atomic mass is 16.7. The molecule has 17 heavy (non-hydrogen) atoms. The van der Waals surface area contributed by atoms with Gasteiger partial charge in [-0.15, -0.1) is 0 Å². The Bertz CT molecular complexity index is 499. The fourth-order valence-corrected chi connectivity index (χ4v) is 1.90. The molecule has 3 rings (SSSR count). The van der Waals surface area contributed by atoms with Crippen LogP contribution in [0.1, 0.15) is 23.1 Å². The third-order valence-electron chi connectivity index (χ3n) is 2.78. The molecule has 1 aromatic carbocycles. The Morgan fingerprint density at radius 1 is 1.18 bits per heavy atom. The standard InChI is InChI=1S/C14H13NO2/c1-2-5-11(6-3-1)9-16-14-13-12(10-17-14)7-4-8-15-13/h1-8,14H,9-10H2. The molecule has 0 amide bonds. The van der Waals surface area contributed by atoms with Crippen LogP contribution in [0.3, 0.4) is 0 Å². The van der Waals surface area contributed by atoms with Crippen LogP contribution in [0, 0.1) is 0 Å². The van der Waals surface area contributed by atoms with Gasteiger partial charge in [-0.2, -0.15) is 0 Å². The van der Waals surface area contributed by atoms with Gasteiger partial charge >= 0.3 is 0 Å². The van der Waals surface area contributed by atoms with E-state index < -0.39 is 0 Å². The number of benzene rings is 1. The van der Waals surface area contributed by atoms with Gasteiger partial charge in [0.2, 0.25) is 6.29 Å². The van der Waals surface area contributed by atoms with Gasteiger partial charge in [-0.25, -0.2) is 0 Å². The highest BCUT2D eigenvalue weighted by molar-refractivity contribution is 5.23. The van der Waals surface area contributed by atoms with Crippen molar-refractivity contribution in [3.63, 3.8) is 0 Å². The molecule has 3 heteroatoms. The van der Waals surface area contributed by atoms with Crippen molar-refractivity contribution in [2.24, 2.45) is 0 Å². The lowest BCUT2D eigenvalue weighted by Gasteiger charge is -2.11. The molecule has 3 nitrogen and oxygen atoms in total. The van der Waals surface area contributed by atoms with E-state index in [0.29, 0.717) is 13.2 Å². The maximum atomic E-state index is 5.73. The molecule has 1 atom stereocenters. The van der Waals surface area contributed by atoms with Crippen LogP contribution in [-0.4, -0.2) is 4.98 Å². The van der Waals surface area contributed by atoms with Crippen LogP contribution in [0.25, 0.3) is 0 Å². The van der Waals surface area contributed by atoms with Gasteiger partial charge < -0.3 is 9.47 Å². The summed E-state index contributed by atoms with van der Waals surface area (Å²) in [5.74, 6) is 0. The molecule has 86 valence electrons. The number of pyridine rings is 1. The quantitative estimate of drug-likeness (QED) is 0.808. The van der Waals surface area contributed by atoms with Gasteiger partial charge in [0.1, 0.15) is 5.69 Å². The number of ether oxygens (including phenoxy) is 2. The number of fused-ring (bicyclic) bond motifs is 1. The highest BCUT2D eigenvalue weighted by Crippen LogP contribution is 2.29. The normalized spacial score (nSPS) is 18.0. The van der Waals surface area contributed by atoms with Crippen LogP contribution in [0.2, 0.25) is 0 Å². The predicted molar refractivity (Wildman–Crippen MR) is 63.0 cm³/mol. The summed E-state index contributed by atoms with van der Waals surface area (Å²) in [6.45, 7) is 1.13. The molecule has 2 heterocycles. The molecule has 0 bridgehead atoms. The van der Waals surface area contributed by atoms with Crippen molar-refractivity contribution in [3.05, 3.63) is 65.5 Å². The van der Waals surface area contributed by atoms with Gasteiger partial charge in [0, 0.05) is 11.8 Å². The second-order valence-corrected chi connectivity index (χ2v) is 3.99. The molecule has 0 spiro atoms. The van der Waals surface area contributed by atoms with E-state index in [1.54, 1.807) is 6.20 Å². The fraction of sp³-hybridized carbons (Fsp3) is 0.214. The van der Waals surface area contributed by atoms with Crippen LogP contribution >= 0.6 is 0 Å². The number of rotatable bonds is 3. The van der Waals surface area contributed by atoms with Crippen molar-refractivity contribution in [3.8, 4) is 0 Å². The summed E-state index contributed by atoms with van der Waals surface area (Å²) < 4.78 is 11.3. The van der Waals surface area contributed by atoms with Gasteiger partial charge in [0.15, 0.2) is 0 Å². The highest BCUT2D eigenvalue weighted by Gasteiger charge is 2.24. The van der Waals surface area contributed by atoms with Gasteiger partial charge in [0.05, 0.1) is 13.2 Å². The molecule has 1 aliphatic rings. The summed E-state index contributed by atoms with van der Waals surface area (Å²) >= 11 is 0. The molecule has 0 radical (unpaired) electrons. The number of aromatic nitrogens is 1. The molecule has 0 N–H and O–H groups in total. The van der Waals surface area contributed by atoms with E-state index in [-0.39, 0.29) is 6.29 Å². The Balaban J connectivity index is 1.68. The van der Waals surface area contributed by atoms with Gasteiger partial charge in [-0.1, -0.05) is 36.4 Å². The Hall–Kier alpha value is -1.71. The molecule has 2 aromatic rings. The molecule has 0 saturated carbocycles. The van der Waals surface area contributed by atoms with E-state index in [0.717, 1.165) is 16.8 Å². The van der Waals surface area contributed by atoms with Crippen molar-refractivity contribution in [2.45, 2.75) is 19.5 Å². The molecule has 0 aliphatic carbocycles. The third kappa shape index (κ3) is 2.20. The van der Waals surface area contributed by atoms with Crippen molar-refractivity contribution in [1.29, 1.82) is 0 Å². The fourth-order valence-electron chi connectivity index (χ4n) is 1.90. The summed E-state index contributed by atoms with van der Waals surface area (Å²) in [4.78, 5) is 4.30. The second kappa shape index (κ2) is 4.65. The van der Waals surface area contributed by atoms with Crippen LogP contribution < -0.4 is 0 Å². The Kier molecular flexibility index (Phi) is 2.86. The molecule has 0 saturated heterocycles. The first-order valence-electron chi connectivity index (χ1n) is 5.64. The summed E-state index contributed by atoms with van der Waals surface area (Å²) in [7, 11) is 0. The van der Waals surface area contributed by atoms with Crippen molar-refractivity contribution in [1.82, 2.24) is 4.98 Å². The van der Waals surface area contributed by atoms with E-state index in [1.165, 1.54) is 0 Å². The minimum atomic E-state index is -0.327. The largest absolute Gasteiger partial charge is 0.342 e. The molecule has 1 aliphatic heterocycles. The average Bonchev–Trinajstić information content (AvgIpc) is 2.81. The lowest BCUT2D eigenvalue weighted by atomic mass is 10.2. The number of hydrogen-bond donors (Lipinski definition) is 0. The lowest BCUT2D eigenvalue weighted by Crippen LogP contribution is -2.04. The van der Waals surface area contributed by atoms with E-state index in [9.17, 15) is 0 Å². The van der Waals surface area contributed by atoms with Crippen molar-refractivity contribution in [2.75, 3.05) is 0 Å². The van der Waals surface area contributed by atoms with E-state index >= 15 is 0 Å². The predicted octanol–water partition coefficient (Wildman–Crippen LogP) is 2.83. The molecule has 1 unspecified atom stereocenters. The summed E-state index contributed by atoms with van der Waals surface area (Å²) in [6.07, 6.45) is 1.44. The zero-order valence-corrected chi connectivity index (χ0v) is 9.37. The summed E-state index contributed by atoms with van der Waals surface area (Å²) in [5.41, 5.74) is 3.16. The SMILES string of the molecule is c1ccc(COC2OCc3cccnc32)cc1. The first-order valence-corrected chi connectivity index (χ1v) is 5.64. The lowest BCUT2D eigenvalue weighted by molar-refractivity contribution is -0.147. The molecular weight excluding hydrogens is 214 g/mol. The monoisotopic (exact) mass is 227 g/mol. The van der Waals surface area contributed by atoms with E-state index in [2.05, 4.69) is 4.98 Å². The van der Waals surface area contributed by atoms with E-state index in [4.69, 9.17) is 9.47 Å². The zero-order valence-electron chi connectivity index (χ0n) is 9.37. The average molecular weight is 227 g/mol. The summed E-state index contributed by atoms with van der Waals surface area (Å²) in [5, 5.41) is 0. The number of nitrogens with zero attached hydrogens (tertiary/aromatic N) is 1. The van der Waals surface area contributed by atoms with Crippen LogP contribution in [0.4, 0.5) is 0 Å². The molecular formula is C14H13NO2. The van der Waals surface area contributed by atoms with Gasteiger partial charge in [-0.3, -0.25) is 4.98 Å². The first-order chi connectivity index (χ1) is 8.43. The van der Waals surface area contributed by atoms with Crippen LogP contribution in [0.5, 0.6) is 0 Å². The molecule has 0 fully saturated rings. The summed E-state index contributed by atoms with van der Waals surface area (Å²) in [6, 6.07) is 14.0. The maximum absolute atomic E-state index is 5.73. The topological polar surface area (TPSA) is 31.4 Å². The minimum absolute atomic E-state index is 0.327. The number of hydrogen-bond acceptors (Lipinski definition) is 3.